The van der Waals surface area contributed by atoms with Crippen LogP contribution in [0.15, 0.2) is 12.2 Å². The van der Waals surface area contributed by atoms with Gasteiger partial charge >= 0.3 is 5.97 Å². The zero-order valence-corrected chi connectivity index (χ0v) is 49.6. The summed E-state index contributed by atoms with van der Waals surface area (Å²) in [6, 6.07) is -0.633. The van der Waals surface area contributed by atoms with Gasteiger partial charge in [0.25, 0.3) is 0 Å². The molecule has 0 saturated carbocycles. The molecule has 0 aliphatic rings. The molecule has 6 heteroatoms. The molecule has 0 aliphatic carbocycles. The van der Waals surface area contributed by atoms with E-state index < -0.39 is 12.1 Å². The van der Waals surface area contributed by atoms with E-state index in [0.717, 1.165) is 44.9 Å². The van der Waals surface area contributed by atoms with Gasteiger partial charge in [-0.15, -0.1) is 0 Å². The Labute approximate surface area is 457 Å². The first-order valence-electron chi connectivity index (χ1n) is 33.5. The van der Waals surface area contributed by atoms with E-state index in [-0.39, 0.29) is 18.5 Å². The van der Waals surface area contributed by atoms with Gasteiger partial charge in [-0.05, 0) is 32.1 Å². The highest BCUT2D eigenvalue weighted by molar-refractivity contribution is 5.76. The second-order valence-electron chi connectivity index (χ2n) is 23.2. The fraction of sp³-hybridized carbons (Fsp3) is 0.940. The maximum absolute atomic E-state index is 12.5. The number of aliphatic hydroxyl groups excluding tert-OH is 2. The molecule has 0 aliphatic heterocycles. The molecule has 0 rings (SSSR count). The molecule has 0 heterocycles. The lowest BCUT2D eigenvalue weighted by Gasteiger charge is -2.20. The third-order valence-corrected chi connectivity index (χ3v) is 15.8. The van der Waals surface area contributed by atoms with Gasteiger partial charge in [0.15, 0.2) is 0 Å². The summed E-state index contributed by atoms with van der Waals surface area (Å²) in [7, 11) is 0. The zero-order valence-electron chi connectivity index (χ0n) is 49.6. The zero-order chi connectivity index (χ0) is 52.9. The maximum atomic E-state index is 12.5. The normalized spacial score (nSPS) is 12.5. The first kappa shape index (κ1) is 71.6. The van der Waals surface area contributed by atoms with Crippen LogP contribution >= 0.6 is 0 Å². The van der Waals surface area contributed by atoms with Crippen LogP contribution in [-0.2, 0) is 14.3 Å². The van der Waals surface area contributed by atoms with Gasteiger partial charge in [-0.2, -0.15) is 0 Å². The predicted molar refractivity (Wildman–Crippen MR) is 320 cm³/mol. The highest BCUT2D eigenvalue weighted by Gasteiger charge is 2.18. The van der Waals surface area contributed by atoms with Gasteiger partial charge in [-0.1, -0.05) is 347 Å². The minimum atomic E-state index is -0.849. The Bertz CT molecular complexity index is 1100. The standard InChI is InChI=1S/C67H131NO5/c1-3-5-7-9-11-13-15-17-19-21-23-24-25-26-27-31-35-39-43-47-51-55-59-65(70)64(63-69)68-66(71)60-56-52-48-44-40-36-32-29-30-34-38-42-46-50-54-58-62-73-67(72)61-57-53-49-45-41-37-33-28-22-20-18-16-14-12-10-8-6-4-2/h55,59,64-65,69-70H,3-54,56-58,60-63H2,1-2H3,(H,68,71)/b59-55+. The van der Waals surface area contributed by atoms with E-state index in [2.05, 4.69) is 19.2 Å². The summed E-state index contributed by atoms with van der Waals surface area (Å²) in [6.07, 6.45) is 76.9. The molecule has 2 unspecified atom stereocenters. The lowest BCUT2D eigenvalue weighted by molar-refractivity contribution is -0.143. The number of hydrogen-bond acceptors (Lipinski definition) is 5. The number of unbranched alkanes of at least 4 members (excludes halogenated alkanes) is 52. The molecular formula is C67H131NO5. The topological polar surface area (TPSA) is 95.9 Å². The van der Waals surface area contributed by atoms with Crippen molar-refractivity contribution in [3.05, 3.63) is 12.2 Å². The molecule has 6 nitrogen and oxygen atoms in total. The number of esters is 1. The summed E-state index contributed by atoms with van der Waals surface area (Å²) < 4.78 is 5.50. The van der Waals surface area contributed by atoms with Crippen molar-refractivity contribution >= 4 is 11.9 Å². The first-order valence-corrected chi connectivity index (χ1v) is 33.5. The number of aliphatic hydroxyl groups is 2. The number of amides is 1. The lowest BCUT2D eigenvalue weighted by Crippen LogP contribution is -2.45. The van der Waals surface area contributed by atoms with Gasteiger partial charge in [0.05, 0.1) is 25.4 Å². The summed E-state index contributed by atoms with van der Waals surface area (Å²) in [5.74, 6) is -0.0623. The quantitative estimate of drug-likeness (QED) is 0.0320. The molecule has 0 fully saturated rings. The number of carbonyl (C=O) groups excluding carboxylic acids is 2. The Balaban J connectivity index is 3.42. The second kappa shape index (κ2) is 63.1. The molecule has 3 N–H and O–H groups in total. The summed E-state index contributed by atoms with van der Waals surface area (Å²) >= 11 is 0. The SMILES string of the molecule is CCCCCCCCCCCCCCCCCCCCCC/C=C/C(O)C(CO)NC(=O)CCCCCCCCCCCCCCCCCCOC(=O)CCCCCCCCCCCCCCCCCCCC. The third kappa shape index (κ3) is 59.7. The summed E-state index contributed by atoms with van der Waals surface area (Å²) in [4.78, 5) is 24.6. The Kier molecular flexibility index (Phi) is 61.9. The summed E-state index contributed by atoms with van der Waals surface area (Å²) in [5.41, 5.74) is 0. The van der Waals surface area contributed by atoms with Gasteiger partial charge in [-0.3, -0.25) is 9.59 Å². The van der Waals surface area contributed by atoms with Crippen LogP contribution in [0, 0.1) is 0 Å². The number of carbonyl (C=O) groups is 2. The summed E-state index contributed by atoms with van der Waals surface area (Å²) in [6.45, 7) is 4.93. The molecule has 0 radical (unpaired) electrons. The molecule has 0 aromatic rings. The average Bonchev–Trinajstić information content (AvgIpc) is 3.39. The van der Waals surface area contributed by atoms with E-state index in [0.29, 0.717) is 19.4 Å². The Morgan fingerprint density at radius 2 is 0.630 bits per heavy atom. The highest BCUT2D eigenvalue weighted by atomic mass is 16.5. The number of hydrogen-bond donors (Lipinski definition) is 3. The van der Waals surface area contributed by atoms with Gasteiger partial charge in [-0.25, -0.2) is 0 Å². The van der Waals surface area contributed by atoms with Crippen LogP contribution in [0.1, 0.15) is 380 Å². The van der Waals surface area contributed by atoms with Crippen LogP contribution in [-0.4, -0.2) is 47.4 Å². The number of rotatable bonds is 63. The Morgan fingerprint density at radius 3 is 0.932 bits per heavy atom. The van der Waals surface area contributed by atoms with Crippen molar-refractivity contribution in [3.63, 3.8) is 0 Å². The van der Waals surface area contributed by atoms with E-state index in [9.17, 15) is 19.8 Å². The second-order valence-corrected chi connectivity index (χ2v) is 23.2. The van der Waals surface area contributed by atoms with Crippen molar-refractivity contribution in [3.8, 4) is 0 Å². The van der Waals surface area contributed by atoms with Crippen molar-refractivity contribution in [2.75, 3.05) is 13.2 Å². The molecule has 0 aromatic carbocycles. The number of nitrogens with one attached hydrogen (secondary N) is 1. The minimum Gasteiger partial charge on any atom is -0.466 e. The number of allylic oxidation sites excluding steroid dienone is 1. The van der Waals surface area contributed by atoms with E-state index in [1.807, 2.05) is 6.08 Å². The van der Waals surface area contributed by atoms with Crippen LogP contribution in [0.3, 0.4) is 0 Å². The van der Waals surface area contributed by atoms with Crippen LogP contribution in [0.2, 0.25) is 0 Å². The Hall–Kier alpha value is -1.40. The monoisotopic (exact) mass is 1030 g/mol. The molecule has 1 amide bonds. The van der Waals surface area contributed by atoms with Gasteiger partial charge in [0.1, 0.15) is 0 Å². The number of ether oxygens (including phenoxy) is 1. The summed E-state index contributed by atoms with van der Waals surface area (Å²) in [5, 5.41) is 23.2. The molecule has 434 valence electrons. The smallest absolute Gasteiger partial charge is 0.305 e. The van der Waals surface area contributed by atoms with E-state index in [4.69, 9.17) is 4.74 Å². The Morgan fingerprint density at radius 1 is 0.370 bits per heavy atom. The maximum Gasteiger partial charge on any atom is 0.305 e. The van der Waals surface area contributed by atoms with Crippen LogP contribution in [0.25, 0.3) is 0 Å². The highest BCUT2D eigenvalue weighted by Crippen LogP contribution is 2.19. The van der Waals surface area contributed by atoms with Crippen LogP contribution < -0.4 is 5.32 Å². The van der Waals surface area contributed by atoms with E-state index in [1.54, 1.807) is 6.08 Å². The van der Waals surface area contributed by atoms with Crippen molar-refractivity contribution in [1.82, 2.24) is 5.32 Å². The average molecular weight is 1030 g/mol. The van der Waals surface area contributed by atoms with Crippen molar-refractivity contribution in [2.24, 2.45) is 0 Å². The molecule has 0 spiro atoms. The van der Waals surface area contributed by atoms with Gasteiger partial charge in [0, 0.05) is 12.8 Å². The molecule has 73 heavy (non-hydrogen) atoms. The largest absolute Gasteiger partial charge is 0.466 e. The minimum absolute atomic E-state index is 0.00780. The lowest BCUT2D eigenvalue weighted by atomic mass is 10.0. The third-order valence-electron chi connectivity index (χ3n) is 15.8. The van der Waals surface area contributed by atoms with Crippen molar-refractivity contribution < 1.29 is 24.5 Å². The van der Waals surface area contributed by atoms with Crippen molar-refractivity contribution in [2.45, 2.75) is 392 Å². The molecule has 0 bridgehead atoms. The first-order chi connectivity index (χ1) is 36.0. The van der Waals surface area contributed by atoms with Crippen molar-refractivity contribution in [1.29, 1.82) is 0 Å². The van der Waals surface area contributed by atoms with Crippen LogP contribution in [0.5, 0.6) is 0 Å². The fourth-order valence-corrected chi connectivity index (χ4v) is 10.7. The van der Waals surface area contributed by atoms with Gasteiger partial charge < -0.3 is 20.3 Å². The van der Waals surface area contributed by atoms with Crippen LogP contribution in [0.4, 0.5) is 0 Å². The van der Waals surface area contributed by atoms with E-state index in [1.165, 1.54) is 308 Å². The fourth-order valence-electron chi connectivity index (χ4n) is 10.7. The predicted octanol–water partition coefficient (Wildman–Crippen LogP) is 21.2. The molecule has 0 saturated heterocycles. The van der Waals surface area contributed by atoms with Gasteiger partial charge in [0.2, 0.25) is 5.91 Å². The molecule has 0 aromatic heterocycles. The molecular weight excluding hydrogens is 899 g/mol. The van der Waals surface area contributed by atoms with E-state index >= 15 is 0 Å². The molecule has 2 atom stereocenters.